The average molecular weight is 358 g/mol. The van der Waals surface area contributed by atoms with Crippen LogP contribution in [0.4, 0.5) is 0 Å². The summed E-state index contributed by atoms with van der Waals surface area (Å²) < 4.78 is 0. The van der Waals surface area contributed by atoms with Gasteiger partial charge in [-0.05, 0) is 19.3 Å². The monoisotopic (exact) mass is 358 g/mol. The number of rotatable bonds is 12. The van der Waals surface area contributed by atoms with Crippen molar-refractivity contribution in [3.63, 3.8) is 0 Å². The lowest BCUT2D eigenvalue weighted by atomic mass is 9.80. The summed E-state index contributed by atoms with van der Waals surface area (Å²) in [6.45, 7) is 0.260. The SMILES string of the molecule is N=C(N)NCCCC(N)C(=O)C(N)(C(N)=O)C(=O)C(N)CCC(N)=O. The summed E-state index contributed by atoms with van der Waals surface area (Å²) in [5, 5.41) is 9.50. The summed E-state index contributed by atoms with van der Waals surface area (Å²) in [6.07, 6.45) is -0.0252. The van der Waals surface area contributed by atoms with Crippen LogP contribution >= 0.6 is 0 Å². The third-order valence-corrected chi connectivity index (χ3v) is 3.55. The molecule has 0 aliphatic carbocycles. The number of ketones is 2. The van der Waals surface area contributed by atoms with Crippen molar-refractivity contribution >= 4 is 29.3 Å². The van der Waals surface area contributed by atoms with Crippen molar-refractivity contribution in [2.24, 2.45) is 34.4 Å². The lowest BCUT2D eigenvalue weighted by Gasteiger charge is -2.28. The molecule has 0 spiro atoms. The third kappa shape index (κ3) is 6.45. The normalized spacial score (nSPS) is 15.5. The van der Waals surface area contributed by atoms with Crippen LogP contribution in [0.25, 0.3) is 0 Å². The van der Waals surface area contributed by atoms with Gasteiger partial charge in [0.1, 0.15) is 0 Å². The van der Waals surface area contributed by atoms with Crippen molar-refractivity contribution in [3.8, 4) is 0 Å². The molecule has 142 valence electrons. The van der Waals surface area contributed by atoms with Crippen LogP contribution in [0.3, 0.4) is 0 Å². The second-order valence-electron chi connectivity index (χ2n) is 5.60. The molecule has 0 aromatic carbocycles. The van der Waals surface area contributed by atoms with Crippen molar-refractivity contribution < 1.29 is 19.2 Å². The molecule has 12 heteroatoms. The van der Waals surface area contributed by atoms with Crippen LogP contribution in [0.2, 0.25) is 0 Å². The summed E-state index contributed by atoms with van der Waals surface area (Å²) in [6, 6.07) is -2.63. The van der Waals surface area contributed by atoms with Gasteiger partial charge < -0.3 is 39.7 Å². The molecule has 0 bridgehead atoms. The fourth-order valence-electron chi connectivity index (χ4n) is 2.05. The zero-order valence-electron chi connectivity index (χ0n) is 13.8. The first-order valence-corrected chi connectivity index (χ1v) is 7.49. The van der Waals surface area contributed by atoms with Gasteiger partial charge in [-0.2, -0.15) is 0 Å². The van der Waals surface area contributed by atoms with Crippen LogP contribution in [0.5, 0.6) is 0 Å². The van der Waals surface area contributed by atoms with E-state index in [1.807, 2.05) is 0 Å². The van der Waals surface area contributed by atoms with E-state index in [-0.39, 0.29) is 31.8 Å². The first kappa shape index (κ1) is 22.4. The maximum atomic E-state index is 12.4. The van der Waals surface area contributed by atoms with Crippen LogP contribution in [-0.4, -0.2) is 53.5 Å². The van der Waals surface area contributed by atoms with Crippen molar-refractivity contribution in [3.05, 3.63) is 0 Å². The number of Topliss-reactive ketones (excluding diaryl/α,β-unsaturated/α-hetero) is 2. The molecule has 0 aliphatic rings. The number of carbonyl (C=O) groups excluding carboxylic acids is 4. The standard InChI is InChI=1S/C13H26N8O4/c14-6(2-1-5-21-12(18)19)9(23)13(20,11(17)25)10(24)7(15)3-4-8(16)22/h6-7H,1-5,14-15,20H2,(H2,16,22)(H2,17,25)(H4,18,19,21). The van der Waals surface area contributed by atoms with Crippen LogP contribution in [0, 0.1) is 5.41 Å². The van der Waals surface area contributed by atoms with E-state index in [0.29, 0.717) is 6.42 Å². The van der Waals surface area contributed by atoms with E-state index >= 15 is 0 Å². The Balaban J connectivity index is 5.05. The highest BCUT2D eigenvalue weighted by atomic mass is 16.2. The second kappa shape index (κ2) is 9.66. The Morgan fingerprint density at radius 3 is 1.84 bits per heavy atom. The first-order valence-electron chi connectivity index (χ1n) is 7.49. The van der Waals surface area contributed by atoms with Gasteiger partial charge in [-0.3, -0.25) is 24.6 Å². The topological polar surface area (TPSA) is 260 Å². The maximum absolute atomic E-state index is 12.4. The molecule has 0 saturated carbocycles. The van der Waals surface area contributed by atoms with Gasteiger partial charge in [0.05, 0.1) is 12.1 Å². The van der Waals surface area contributed by atoms with E-state index in [1.54, 1.807) is 0 Å². The summed E-state index contributed by atoms with van der Waals surface area (Å²) in [7, 11) is 0. The third-order valence-electron chi connectivity index (χ3n) is 3.55. The highest BCUT2D eigenvalue weighted by Crippen LogP contribution is 2.13. The average Bonchev–Trinajstić information content (AvgIpc) is 2.53. The van der Waals surface area contributed by atoms with Gasteiger partial charge in [0, 0.05) is 13.0 Å². The number of hydrogen-bond donors (Lipinski definition) is 8. The van der Waals surface area contributed by atoms with E-state index < -0.39 is 41.0 Å². The molecule has 2 amide bonds. The molecule has 0 radical (unpaired) electrons. The molecule has 0 saturated heterocycles. The van der Waals surface area contributed by atoms with Crippen LogP contribution in [-0.2, 0) is 19.2 Å². The van der Waals surface area contributed by atoms with Gasteiger partial charge in [0.2, 0.25) is 11.4 Å². The lowest BCUT2D eigenvalue weighted by molar-refractivity contribution is -0.143. The van der Waals surface area contributed by atoms with Crippen LogP contribution in [0.1, 0.15) is 25.7 Å². The van der Waals surface area contributed by atoms with E-state index in [2.05, 4.69) is 5.32 Å². The van der Waals surface area contributed by atoms with Gasteiger partial charge in [-0.25, -0.2) is 0 Å². The van der Waals surface area contributed by atoms with Gasteiger partial charge >= 0.3 is 0 Å². The van der Waals surface area contributed by atoms with Crippen LogP contribution in [0.15, 0.2) is 0 Å². The summed E-state index contributed by atoms with van der Waals surface area (Å²) in [5.74, 6) is -4.52. The molecule has 14 N–H and O–H groups in total. The maximum Gasteiger partial charge on any atom is 0.253 e. The predicted molar refractivity (Wildman–Crippen MR) is 89.7 cm³/mol. The van der Waals surface area contributed by atoms with E-state index in [0.717, 1.165) is 0 Å². The summed E-state index contributed by atoms with van der Waals surface area (Å²) in [4.78, 5) is 47.2. The zero-order chi connectivity index (χ0) is 19.8. The number of hydrogen-bond acceptors (Lipinski definition) is 8. The lowest BCUT2D eigenvalue weighted by Crippen LogP contribution is -2.70. The zero-order valence-corrected chi connectivity index (χ0v) is 13.8. The Labute approximate surface area is 144 Å². The largest absolute Gasteiger partial charge is 0.370 e. The van der Waals surface area contributed by atoms with E-state index in [4.69, 9.17) is 39.8 Å². The van der Waals surface area contributed by atoms with Crippen molar-refractivity contribution in [2.45, 2.75) is 43.3 Å². The van der Waals surface area contributed by atoms with Crippen molar-refractivity contribution in [1.82, 2.24) is 5.32 Å². The van der Waals surface area contributed by atoms with Crippen LogP contribution < -0.4 is 39.7 Å². The first-order chi connectivity index (χ1) is 11.4. The molecular weight excluding hydrogens is 332 g/mol. The molecular formula is C13H26N8O4. The highest BCUT2D eigenvalue weighted by molar-refractivity contribution is 6.30. The summed E-state index contributed by atoms with van der Waals surface area (Å²) >= 11 is 0. The molecule has 3 atom stereocenters. The number of guanidine groups is 1. The molecule has 0 heterocycles. The number of primary amides is 2. The quantitative estimate of drug-likeness (QED) is 0.0721. The fourth-order valence-corrected chi connectivity index (χ4v) is 2.05. The Hall–Kier alpha value is -2.57. The molecule has 0 aromatic heterocycles. The highest BCUT2D eigenvalue weighted by Gasteiger charge is 2.50. The molecule has 0 aromatic rings. The minimum Gasteiger partial charge on any atom is -0.370 e. The molecule has 0 fully saturated rings. The van der Waals surface area contributed by atoms with Gasteiger partial charge in [-0.1, -0.05) is 0 Å². The Bertz CT molecular complexity index is 552. The minimum atomic E-state index is -2.69. The minimum absolute atomic E-state index is 0.0646. The fraction of sp³-hybridized carbons (Fsp3) is 0.615. The smallest absolute Gasteiger partial charge is 0.253 e. The predicted octanol–water partition coefficient (Wildman–Crippen LogP) is -4.51. The van der Waals surface area contributed by atoms with E-state index in [1.165, 1.54) is 0 Å². The van der Waals surface area contributed by atoms with Gasteiger partial charge in [0.15, 0.2) is 17.5 Å². The second-order valence-corrected chi connectivity index (χ2v) is 5.60. The molecule has 12 nitrogen and oxygen atoms in total. The molecule has 3 unspecified atom stereocenters. The molecule has 25 heavy (non-hydrogen) atoms. The number of nitrogens with one attached hydrogen (secondary N) is 2. The Morgan fingerprint density at radius 2 is 1.44 bits per heavy atom. The van der Waals surface area contributed by atoms with E-state index in [9.17, 15) is 19.2 Å². The molecule has 0 aliphatic heterocycles. The Kier molecular flexibility index (Phi) is 8.67. The molecule has 0 rings (SSSR count). The number of carbonyl (C=O) groups is 4. The van der Waals surface area contributed by atoms with Gasteiger partial charge in [-0.15, -0.1) is 0 Å². The van der Waals surface area contributed by atoms with Crippen molar-refractivity contribution in [1.29, 1.82) is 5.41 Å². The number of amides is 2. The summed E-state index contributed by atoms with van der Waals surface area (Å²) in [5.41, 5.74) is 29.5. The van der Waals surface area contributed by atoms with Crippen molar-refractivity contribution in [2.75, 3.05) is 6.54 Å². The number of nitrogens with two attached hydrogens (primary N) is 6. The Morgan fingerprint density at radius 1 is 0.960 bits per heavy atom. The van der Waals surface area contributed by atoms with Gasteiger partial charge in [0.25, 0.3) is 5.91 Å².